The van der Waals surface area contributed by atoms with Crippen LogP contribution in [0.3, 0.4) is 0 Å². The van der Waals surface area contributed by atoms with E-state index >= 15 is 0 Å². The normalized spacial score (nSPS) is 12.6. The zero-order valence-corrected chi connectivity index (χ0v) is 38.6. The summed E-state index contributed by atoms with van der Waals surface area (Å²) in [5.74, 6) is 0. The highest BCUT2D eigenvalue weighted by Gasteiger charge is 2.35. The molecule has 0 saturated heterocycles. The smallest absolute Gasteiger partial charge is 0.0541 e. The number of aromatic nitrogens is 1. The molecule has 69 heavy (non-hydrogen) atoms. The average molecular weight is 881 g/mol. The summed E-state index contributed by atoms with van der Waals surface area (Å²) < 4.78 is 2.39. The van der Waals surface area contributed by atoms with Crippen LogP contribution < -0.4 is 4.90 Å². The van der Waals surface area contributed by atoms with Gasteiger partial charge in [0.15, 0.2) is 0 Å². The molecular formula is C67H48N2. The van der Waals surface area contributed by atoms with Crippen molar-refractivity contribution in [3.63, 3.8) is 0 Å². The van der Waals surface area contributed by atoms with Crippen LogP contribution in [0.4, 0.5) is 17.1 Å². The Morgan fingerprint density at radius 3 is 1.39 bits per heavy atom. The minimum atomic E-state index is -0.0545. The van der Waals surface area contributed by atoms with Crippen LogP contribution in [0.1, 0.15) is 25.0 Å². The lowest BCUT2D eigenvalue weighted by molar-refractivity contribution is 0.660. The van der Waals surface area contributed by atoms with Crippen LogP contribution in [0.25, 0.3) is 93.9 Å². The van der Waals surface area contributed by atoms with Gasteiger partial charge in [-0.25, -0.2) is 0 Å². The van der Waals surface area contributed by atoms with Crippen LogP contribution >= 0.6 is 0 Å². The van der Waals surface area contributed by atoms with E-state index in [0.717, 1.165) is 22.7 Å². The first-order valence-corrected chi connectivity index (χ1v) is 24.0. The molecule has 13 rings (SSSR count). The molecule has 0 saturated carbocycles. The zero-order chi connectivity index (χ0) is 46.1. The summed E-state index contributed by atoms with van der Waals surface area (Å²) >= 11 is 0. The number of benzene rings is 11. The molecule has 12 aromatic rings. The maximum absolute atomic E-state index is 2.41. The summed E-state index contributed by atoms with van der Waals surface area (Å²) in [6, 6.07) is 93.6. The number of rotatable bonds is 8. The Hall–Kier alpha value is -8.72. The Morgan fingerprint density at radius 1 is 0.304 bits per heavy atom. The molecule has 326 valence electrons. The molecule has 1 aromatic heterocycles. The fourth-order valence-corrected chi connectivity index (χ4v) is 11.0. The Bertz CT molecular complexity index is 3860. The van der Waals surface area contributed by atoms with E-state index < -0.39 is 0 Å². The van der Waals surface area contributed by atoms with Crippen molar-refractivity contribution in [2.75, 3.05) is 4.90 Å². The Balaban J connectivity index is 0.856. The van der Waals surface area contributed by atoms with E-state index in [2.05, 4.69) is 278 Å². The van der Waals surface area contributed by atoms with Gasteiger partial charge >= 0.3 is 0 Å². The second-order valence-electron chi connectivity index (χ2n) is 19.0. The molecular weight excluding hydrogens is 833 g/mol. The minimum Gasteiger partial charge on any atom is -0.311 e. The van der Waals surface area contributed by atoms with Gasteiger partial charge in [0.2, 0.25) is 0 Å². The van der Waals surface area contributed by atoms with E-state index in [1.807, 2.05) is 0 Å². The zero-order valence-electron chi connectivity index (χ0n) is 38.6. The fourth-order valence-electron chi connectivity index (χ4n) is 11.0. The molecule has 2 heteroatoms. The molecule has 0 fully saturated rings. The lowest BCUT2D eigenvalue weighted by Crippen LogP contribution is -2.14. The third-order valence-corrected chi connectivity index (χ3v) is 14.6. The third-order valence-electron chi connectivity index (χ3n) is 14.6. The van der Waals surface area contributed by atoms with Crippen molar-refractivity contribution in [2.45, 2.75) is 19.3 Å². The van der Waals surface area contributed by atoms with Crippen LogP contribution in [0.2, 0.25) is 0 Å². The van der Waals surface area contributed by atoms with Crippen LogP contribution in [-0.2, 0) is 5.41 Å². The van der Waals surface area contributed by atoms with Crippen LogP contribution in [0.15, 0.2) is 255 Å². The van der Waals surface area contributed by atoms with Gasteiger partial charge in [-0.2, -0.15) is 0 Å². The molecule has 2 nitrogen and oxygen atoms in total. The number of para-hydroxylation sites is 2. The first-order valence-electron chi connectivity index (χ1n) is 24.0. The SMILES string of the molecule is CC1(C)c2ccccc2-c2ccc(-c3ccc(N(c4ccc(-c5cccc(-c6ccc7ccccc7c6)c5)cc4)c4ccc(-c5cccc(-n6c7ccccc7c7ccccc76)c5)cc4)cc3)cc21. The predicted octanol–water partition coefficient (Wildman–Crippen LogP) is 18.4. The quantitative estimate of drug-likeness (QED) is 0.148. The largest absolute Gasteiger partial charge is 0.311 e. The molecule has 1 aliphatic carbocycles. The second-order valence-corrected chi connectivity index (χ2v) is 19.0. The van der Waals surface area contributed by atoms with Gasteiger partial charge in [-0.15, -0.1) is 0 Å². The molecule has 0 unspecified atom stereocenters. The first kappa shape index (κ1) is 40.5. The molecule has 1 heterocycles. The number of fused-ring (bicyclic) bond motifs is 7. The molecule has 0 amide bonds. The Morgan fingerprint density at radius 2 is 0.754 bits per heavy atom. The fraction of sp³-hybridized carbons (Fsp3) is 0.0448. The van der Waals surface area contributed by atoms with Gasteiger partial charge in [-0.1, -0.05) is 190 Å². The van der Waals surface area contributed by atoms with Gasteiger partial charge in [0.25, 0.3) is 0 Å². The van der Waals surface area contributed by atoms with Crippen molar-refractivity contribution in [2.24, 2.45) is 0 Å². The van der Waals surface area contributed by atoms with E-state index in [1.165, 1.54) is 99.3 Å². The highest BCUT2D eigenvalue weighted by Crippen LogP contribution is 2.50. The van der Waals surface area contributed by atoms with Crippen molar-refractivity contribution in [3.8, 4) is 61.3 Å². The average Bonchev–Trinajstić information content (AvgIpc) is 3.87. The third kappa shape index (κ3) is 6.95. The molecule has 0 spiro atoms. The van der Waals surface area contributed by atoms with Crippen molar-refractivity contribution < 1.29 is 0 Å². The Labute approximate surface area is 403 Å². The molecule has 11 aromatic carbocycles. The molecule has 0 atom stereocenters. The molecule has 1 aliphatic rings. The van der Waals surface area contributed by atoms with Gasteiger partial charge in [0.1, 0.15) is 0 Å². The summed E-state index contributed by atoms with van der Waals surface area (Å²) in [7, 11) is 0. The van der Waals surface area contributed by atoms with E-state index in [0.29, 0.717) is 0 Å². The van der Waals surface area contributed by atoms with Gasteiger partial charge in [0, 0.05) is 38.9 Å². The second kappa shape index (κ2) is 16.3. The van der Waals surface area contributed by atoms with Gasteiger partial charge in [0.05, 0.1) is 11.0 Å². The monoisotopic (exact) mass is 880 g/mol. The topological polar surface area (TPSA) is 8.17 Å². The Kier molecular flexibility index (Phi) is 9.55. The molecule has 0 N–H and O–H groups in total. The van der Waals surface area contributed by atoms with Crippen molar-refractivity contribution in [1.82, 2.24) is 4.57 Å². The summed E-state index contributed by atoms with van der Waals surface area (Å²) in [4.78, 5) is 2.37. The highest BCUT2D eigenvalue weighted by molar-refractivity contribution is 6.09. The number of hydrogen-bond acceptors (Lipinski definition) is 1. The van der Waals surface area contributed by atoms with Crippen molar-refractivity contribution in [1.29, 1.82) is 0 Å². The standard InChI is InChI=1S/C67H48N2/c1-67(2)63-22-8-5-19-59(63)60-40-33-54(44-64(60)67)48-31-38-57(39-32-48)68(55-34-27-46(28-35-55)50-15-11-16-51(41-50)53-26-25-45-13-3-4-14-49(45)42-53)56-36-29-47(30-37-56)52-17-12-18-58(43-52)69-65-23-9-6-20-61(65)62-21-7-10-24-66(62)69/h3-44H,1-2H3. The van der Waals surface area contributed by atoms with E-state index in [1.54, 1.807) is 0 Å². The maximum atomic E-state index is 2.41. The van der Waals surface area contributed by atoms with Crippen LogP contribution in [-0.4, -0.2) is 4.57 Å². The van der Waals surface area contributed by atoms with E-state index in [4.69, 9.17) is 0 Å². The maximum Gasteiger partial charge on any atom is 0.0541 e. The van der Waals surface area contributed by atoms with Crippen molar-refractivity contribution >= 4 is 49.6 Å². The van der Waals surface area contributed by atoms with E-state index in [9.17, 15) is 0 Å². The highest BCUT2D eigenvalue weighted by atomic mass is 15.1. The van der Waals surface area contributed by atoms with Crippen LogP contribution in [0, 0.1) is 0 Å². The number of nitrogens with zero attached hydrogens (tertiary/aromatic N) is 2. The minimum absolute atomic E-state index is 0.0545. The summed E-state index contributed by atoms with van der Waals surface area (Å²) in [6.07, 6.45) is 0. The lowest BCUT2D eigenvalue weighted by atomic mass is 9.81. The van der Waals surface area contributed by atoms with Crippen LogP contribution in [0.5, 0.6) is 0 Å². The van der Waals surface area contributed by atoms with Gasteiger partial charge in [-0.3, -0.25) is 0 Å². The summed E-state index contributed by atoms with van der Waals surface area (Å²) in [5.41, 5.74) is 21.8. The lowest BCUT2D eigenvalue weighted by Gasteiger charge is -2.26. The molecule has 0 radical (unpaired) electrons. The molecule has 0 bridgehead atoms. The number of anilines is 3. The van der Waals surface area contributed by atoms with Gasteiger partial charge < -0.3 is 9.47 Å². The summed E-state index contributed by atoms with van der Waals surface area (Å²) in [6.45, 7) is 4.70. The predicted molar refractivity (Wildman–Crippen MR) is 292 cm³/mol. The van der Waals surface area contributed by atoms with Gasteiger partial charge in [-0.05, 0) is 156 Å². The van der Waals surface area contributed by atoms with E-state index in [-0.39, 0.29) is 5.41 Å². The first-order chi connectivity index (χ1) is 33.9. The number of hydrogen-bond donors (Lipinski definition) is 0. The summed E-state index contributed by atoms with van der Waals surface area (Å²) in [5, 5.41) is 5.03. The van der Waals surface area contributed by atoms with Crippen molar-refractivity contribution in [3.05, 3.63) is 266 Å². The molecule has 0 aliphatic heterocycles.